The van der Waals surface area contributed by atoms with Crippen LogP contribution in [0.15, 0.2) is 24.3 Å². The van der Waals surface area contributed by atoms with E-state index in [1.54, 1.807) is 7.11 Å². The number of unbranched alkanes of at least 4 members (excludes halogenated alkanes) is 1. The molecule has 2 rings (SSSR count). The normalized spacial score (nSPS) is 20.7. The second kappa shape index (κ2) is 11.1. The SMILES string of the molecule is CCCCN1C(=O)CCC(C(=O)NC[C@@H](C)NCC)C1c1ccccc1OC. The maximum Gasteiger partial charge on any atom is 0.225 e. The molecule has 0 saturated carbocycles. The summed E-state index contributed by atoms with van der Waals surface area (Å²) in [6.07, 6.45) is 2.89. The number of methoxy groups -OCH3 is 1. The van der Waals surface area contributed by atoms with Crippen LogP contribution >= 0.6 is 0 Å². The average Bonchev–Trinajstić information content (AvgIpc) is 2.71. The van der Waals surface area contributed by atoms with E-state index in [4.69, 9.17) is 4.74 Å². The number of amides is 2. The molecule has 0 aliphatic carbocycles. The lowest BCUT2D eigenvalue weighted by atomic mass is 9.83. The Morgan fingerprint density at radius 1 is 1.32 bits per heavy atom. The van der Waals surface area contributed by atoms with Gasteiger partial charge in [-0.3, -0.25) is 9.59 Å². The monoisotopic (exact) mass is 389 g/mol. The highest BCUT2D eigenvalue weighted by atomic mass is 16.5. The van der Waals surface area contributed by atoms with Crippen molar-refractivity contribution in [3.63, 3.8) is 0 Å². The van der Waals surface area contributed by atoms with Crippen LogP contribution in [-0.4, -0.2) is 49.5 Å². The first kappa shape index (κ1) is 22.2. The van der Waals surface area contributed by atoms with Gasteiger partial charge in [-0.25, -0.2) is 0 Å². The Bertz CT molecular complexity index is 650. The van der Waals surface area contributed by atoms with Crippen molar-refractivity contribution < 1.29 is 14.3 Å². The minimum atomic E-state index is -0.293. The maximum absolute atomic E-state index is 13.1. The molecule has 156 valence electrons. The van der Waals surface area contributed by atoms with Gasteiger partial charge in [0.15, 0.2) is 0 Å². The van der Waals surface area contributed by atoms with Crippen molar-refractivity contribution in [2.75, 3.05) is 26.7 Å². The van der Waals surface area contributed by atoms with Gasteiger partial charge < -0.3 is 20.3 Å². The summed E-state index contributed by atoms with van der Waals surface area (Å²) in [6.45, 7) is 8.32. The number of carbonyl (C=O) groups excluding carboxylic acids is 2. The van der Waals surface area contributed by atoms with Gasteiger partial charge >= 0.3 is 0 Å². The van der Waals surface area contributed by atoms with E-state index in [-0.39, 0.29) is 29.8 Å². The minimum Gasteiger partial charge on any atom is -0.496 e. The number of nitrogens with zero attached hydrogens (tertiary/aromatic N) is 1. The fourth-order valence-electron chi connectivity index (χ4n) is 3.92. The zero-order chi connectivity index (χ0) is 20.5. The Morgan fingerprint density at radius 2 is 2.07 bits per heavy atom. The standard InChI is InChI=1S/C22H35N3O3/c1-5-7-14-25-20(26)13-12-18(22(27)24-15-16(3)23-6-2)21(25)17-10-8-9-11-19(17)28-4/h8-11,16,18,21,23H,5-7,12-15H2,1-4H3,(H,24,27)/t16-,18?,21?/m1/s1. The van der Waals surface area contributed by atoms with Crippen LogP contribution in [0.4, 0.5) is 0 Å². The average molecular weight is 390 g/mol. The molecule has 6 nitrogen and oxygen atoms in total. The van der Waals surface area contributed by atoms with Gasteiger partial charge in [0, 0.05) is 31.1 Å². The molecular formula is C22H35N3O3. The number of benzene rings is 1. The van der Waals surface area contributed by atoms with Crippen LogP contribution in [0, 0.1) is 5.92 Å². The van der Waals surface area contributed by atoms with Gasteiger partial charge in [0.1, 0.15) is 5.75 Å². The highest BCUT2D eigenvalue weighted by molar-refractivity contribution is 5.85. The third-order valence-corrected chi connectivity index (χ3v) is 5.39. The fourth-order valence-corrected chi connectivity index (χ4v) is 3.92. The summed E-state index contributed by atoms with van der Waals surface area (Å²) >= 11 is 0. The predicted molar refractivity (Wildman–Crippen MR) is 111 cm³/mol. The molecule has 6 heteroatoms. The molecule has 1 aromatic rings. The van der Waals surface area contributed by atoms with E-state index in [0.29, 0.717) is 25.9 Å². The summed E-state index contributed by atoms with van der Waals surface area (Å²) in [7, 11) is 1.63. The molecule has 28 heavy (non-hydrogen) atoms. The lowest BCUT2D eigenvalue weighted by Crippen LogP contribution is -2.50. The molecule has 0 aromatic heterocycles. The first-order valence-electron chi connectivity index (χ1n) is 10.5. The van der Waals surface area contributed by atoms with Crippen molar-refractivity contribution in [3.8, 4) is 5.75 Å². The second-order valence-electron chi connectivity index (χ2n) is 7.48. The lowest BCUT2D eigenvalue weighted by molar-refractivity contribution is -0.143. The third kappa shape index (κ3) is 5.47. The summed E-state index contributed by atoms with van der Waals surface area (Å²) in [5, 5.41) is 6.39. The van der Waals surface area contributed by atoms with Crippen LogP contribution in [0.3, 0.4) is 0 Å². The first-order chi connectivity index (χ1) is 13.5. The van der Waals surface area contributed by atoms with E-state index >= 15 is 0 Å². The van der Waals surface area contributed by atoms with Gasteiger partial charge in [-0.1, -0.05) is 38.5 Å². The van der Waals surface area contributed by atoms with E-state index in [2.05, 4.69) is 24.5 Å². The Labute approximate surface area is 169 Å². The Morgan fingerprint density at radius 3 is 2.75 bits per heavy atom. The number of rotatable bonds is 10. The molecule has 1 fully saturated rings. The molecule has 1 aliphatic heterocycles. The van der Waals surface area contributed by atoms with E-state index in [1.165, 1.54) is 0 Å². The number of likely N-dealkylation sites (N-methyl/N-ethyl adjacent to an activating group) is 1. The number of carbonyl (C=O) groups is 2. The molecule has 1 saturated heterocycles. The number of ether oxygens (including phenoxy) is 1. The molecular weight excluding hydrogens is 354 g/mol. The summed E-state index contributed by atoms with van der Waals surface area (Å²) in [5.41, 5.74) is 0.911. The highest BCUT2D eigenvalue weighted by Crippen LogP contribution is 2.40. The molecule has 2 amide bonds. The Balaban J connectivity index is 2.30. The third-order valence-electron chi connectivity index (χ3n) is 5.39. The van der Waals surface area contributed by atoms with Gasteiger partial charge in [-0.2, -0.15) is 0 Å². The van der Waals surface area contributed by atoms with Crippen LogP contribution in [0.25, 0.3) is 0 Å². The molecule has 0 radical (unpaired) electrons. The summed E-state index contributed by atoms with van der Waals surface area (Å²) in [5.74, 6) is 0.575. The minimum absolute atomic E-state index is 0.00894. The first-order valence-corrected chi connectivity index (χ1v) is 10.5. The van der Waals surface area contributed by atoms with Crippen molar-refractivity contribution in [2.45, 2.75) is 58.5 Å². The molecule has 2 N–H and O–H groups in total. The Hall–Kier alpha value is -2.08. The zero-order valence-electron chi connectivity index (χ0n) is 17.7. The van der Waals surface area contributed by atoms with Crippen LogP contribution in [0.5, 0.6) is 5.75 Å². The summed E-state index contributed by atoms with van der Waals surface area (Å²) in [4.78, 5) is 27.7. The lowest BCUT2D eigenvalue weighted by Gasteiger charge is -2.41. The van der Waals surface area contributed by atoms with Crippen LogP contribution in [0.2, 0.25) is 0 Å². The van der Waals surface area contributed by atoms with Gasteiger partial charge in [0.25, 0.3) is 0 Å². The zero-order valence-corrected chi connectivity index (χ0v) is 17.7. The van der Waals surface area contributed by atoms with Gasteiger partial charge in [-0.15, -0.1) is 0 Å². The van der Waals surface area contributed by atoms with Crippen LogP contribution < -0.4 is 15.4 Å². The quantitative estimate of drug-likeness (QED) is 0.646. The number of likely N-dealkylation sites (tertiary alicyclic amines) is 1. The van der Waals surface area contributed by atoms with E-state index < -0.39 is 0 Å². The summed E-state index contributed by atoms with van der Waals surface area (Å²) in [6, 6.07) is 7.64. The molecule has 0 spiro atoms. The molecule has 1 aliphatic rings. The number of piperidine rings is 1. The predicted octanol–water partition coefficient (Wildman–Crippen LogP) is 2.89. The topological polar surface area (TPSA) is 70.7 Å². The Kier molecular flexibility index (Phi) is 8.77. The van der Waals surface area contributed by atoms with E-state index in [1.807, 2.05) is 36.1 Å². The maximum atomic E-state index is 13.1. The van der Waals surface area contributed by atoms with Crippen LogP contribution in [0.1, 0.15) is 58.1 Å². The largest absolute Gasteiger partial charge is 0.496 e. The molecule has 2 unspecified atom stereocenters. The van der Waals surface area contributed by atoms with Gasteiger partial charge in [-0.05, 0) is 32.4 Å². The summed E-state index contributed by atoms with van der Waals surface area (Å²) < 4.78 is 5.57. The number of para-hydroxylation sites is 1. The molecule has 3 atom stereocenters. The molecule has 1 aromatic carbocycles. The van der Waals surface area contributed by atoms with Gasteiger partial charge in [0.2, 0.25) is 11.8 Å². The van der Waals surface area contributed by atoms with E-state index in [0.717, 1.165) is 30.7 Å². The van der Waals surface area contributed by atoms with Crippen molar-refractivity contribution in [3.05, 3.63) is 29.8 Å². The smallest absolute Gasteiger partial charge is 0.225 e. The number of hydrogen-bond donors (Lipinski definition) is 2. The highest BCUT2D eigenvalue weighted by Gasteiger charge is 2.41. The van der Waals surface area contributed by atoms with E-state index in [9.17, 15) is 9.59 Å². The number of nitrogens with one attached hydrogen (secondary N) is 2. The number of hydrogen-bond acceptors (Lipinski definition) is 4. The van der Waals surface area contributed by atoms with Crippen molar-refractivity contribution >= 4 is 11.8 Å². The van der Waals surface area contributed by atoms with Crippen molar-refractivity contribution in [1.82, 2.24) is 15.5 Å². The van der Waals surface area contributed by atoms with Crippen LogP contribution in [-0.2, 0) is 9.59 Å². The second-order valence-corrected chi connectivity index (χ2v) is 7.48. The molecule has 0 bridgehead atoms. The molecule has 1 heterocycles. The van der Waals surface area contributed by atoms with Gasteiger partial charge in [0.05, 0.1) is 19.1 Å². The van der Waals surface area contributed by atoms with Crippen molar-refractivity contribution in [1.29, 1.82) is 0 Å². The van der Waals surface area contributed by atoms with Crippen molar-refractivity contribution in [2.24, 2.45) is 5.92 Å². The fraction of sp³-hybridized carbons (Fsp3) is 0.636.